The van der Waals surface area contributed by atoms with Gasteiger partial charge in [-0.2, -0.15) is 0 Å². The van der Waals surface area contributed by atoms with E-state index in [0.717, 1.165) is 36.5 Å². The summed E-state index contributed by atoms with van der Waals surface area (Å²) >= 11 is 0. The van der Waals surface area contributed by atoms with Gasteiger partial charge in [-0.1, -0.05) is 37.3 Å². The fraction of sp³-hybridized carbons (Fsp3) is 0.450. The SMILES string of the molecule is CCC(CO)N1CCN(C(=O)c2ccc(-c3ccccc3)n2C)CC1. The van der Waals surface area contributed by atoms with Gasteiger partial charge in [0, 0.05) is 45.0 Å². The van der Waals surface area contributed by atoms with Crippen LogP contribution in [0.4, 0.5) is 0 Å². The zero-order valence-corrected chi connectivity index (χ0v) is 15.1. The maximum absolute atomic E-state index is 12.9. The van der Waals surface area contributed by atoms with Gasteiger partial charge in [-0.15, -0.1) is 0 Å². The summed E-state index contributed by atoms with van der Waals surface area (Å²) in [5.74, 6) is 0.0846. The smallest absolute Gasteiger partial charge is 0.270 e. The number of hydrogen-bond donors (Lipinski definition) is 1. The molecular weight excluding hydrogens is 314 g/mol. The van der Waals surface area contributed by atoms with E-state index in [-0.39, 0.29) is 18.6 Å². The van der Waals surface area contributed by atoms with E-state index < -0.39 is 0 Å². The Morgan fingerprint density at radius 1 is 1.08 bits per heavy atom. The van der Waals surface area contributed by atoms with Crippen molar-refractivity contribution < 1.29 is 9.90 Å². The second kappa shape index (κ2) is 7.85. The molecule has 1 unspecified atom stereocenters. The van der Waals surface area contributed by atoms with Crippen molar-refractivity contribution in [2.75, 3.05) is 32.8 Å². The maximum Gasteiger partial charge on any atom is 0.270 e. The molecule has 0 bridgehead atoms. The van der Waals surface area contributed by atoms with Crippen molar-refractivity contribution in [1.29, 1.82) is 0 Å². The molecule has 1 aliphatic heterocycles. The van der Waals surface area contributed by atoms with Gasteiger partial charge in [0.25, 0.3) is 5.91 Å². The van der Waals surface area contributed by atoms with Crippen LogP contribution in [0, 0.1) is 0 Å². The lowest BCUT2D eigenvalue weighted by Gasteiger charge is -2.38. The van der Waals surface area contributed by atoms with Crippen LogP contribution in [0.15, 0.2) is 42.5 Å². The highest BCUT2D eigenvalue weighted by Gasteiger charge is 2.27. The molecule has 1 N–H and O–H groups in total. The third-order valence-corrected chi connectivity index (χ3v) is 5.21. The number of piperazine rings is 1. The molecule has 1 aliphatic rings. The fourth-order valence-corrected chi connectivity index (χ4v) is 3.58. The first kappa shape index (κ1) is 17.7. The summed E-state index contributed by atoms with van der Waals surface area (Å²) in [6.45, 7) is 5.33. The highest BCUT2D eigenvalue weighted by atomic mass is 16.3. The number of nitrogens with zero attached hydrogens (tertiary/aromatic N) is 3. The molecule has 2 heterocycles. The van der Waals surface area contributed by atoms with Gasteiger partial charge in [-0.25, -0.2) is 0 Å². The minimum Gasteiger partial charge on any atom is -0.395 e. The predicted octanol–water partition coefficient (Wildman–Crippen LogP) is 2.22. The molecule has 0 radical (unpaired) electrons. The Hall–Kier alpha value is -2.11. The van der Waals surface area contributed by atoms with Gasteiger partial charge in [0.1, 0.15) is 5.69 Å². The van der Waals surface area contributed by atoms with Gasteiger partial charge in [-0.3, -0.25) is 9.69 Å². The maximum atomic E-state index is 12.9. The molecule has 1 amide bonds. The summed E-state index contributed by atoms with van der Waals surface area (Å²) in [4.78, 5) is 17.1. The van der Waals surface area contributed by atoms with E-state index in [9.17, 15) is 9.90 Å². The number of hydrogen-bond acceptors (Lipinski definition) is 3. The zero-order valence-electron chi connectivity index (χ0n) is 15.1. The van der Waals surface area contributed by atoms with Crippen molar-refractivity contribution in [2.24, 2.45) is 7.05 Å². The molecule has 2 aromatic rings. The Balaban J connectivity index is 1.70. The van der Waals surface area contributed by atoms with E-state index >= 15 is 0 Å². The molecule has 1 saturated heterocycles. The molecule has 1 aromatic carbocycles. The Labute approximate surface area is 149 Å². The number of benzene rings is 1. The number of aliphatic hydroxyl groups is 1. The Morgan fingerprint density at radius 3 is 2.36 bits per heavy atom. The van der Waals surface area contributed by atoms with Gasteiger partial charge in [0.05, 0.1) is 6.61 Å². The second-order valence-corrected chi connectivity index (χ2v) is 6.60. The molecule has 3 rings (SSSR count). The third-order valence-electron chi connectivity index (χ3n) is 5.21. The lowest BCUT2D eigenvalue weighted by molar-refractivity contribution is 0.0465. The third kappa shape index (κ3) is 3.62. The minimum atomic E-state index is 0.0846. The molecule has 0 aliphatic carbocycles. The van der Waals surface area contributed by atoms with Crippen LogP contribution < -0.4 is 0 Å². The van der Waals surface area contributed by atoms with Crippen LogP contribution in [0.25, 0.3) is 11.3 Å². The first-order valence-electron chi connectivity index (χ1n) is 9.01. The average molecular weight is 341 g/mol. The number of aromatic nitrogens is 1. The van der Waals surface area contributed by atoms with Crippen LogP contribution in [-0.4, -0.2) is 64.2 Å². The molecule has 25 heavy (non-hydrogen) atoms. The second-order valence-electron chi connectivity index (χ2n) is 6.60. The number of carbonyl (C=O) groups excluding carboxylic acids is 1. The van der Waals surface area contributed by atoms with Crippen LogP contribution in [-0.2, 0) is 7.05 Å². The lowest BCUT2D eigenvalue weighted by Crippen LogP contribution is -2.52. The van der Waals surface area contributed by atoms with Crippen molar-refractivity contribution >= 4 is 5.91 Å². The van der Waals surface area contributed by atoms with Gasteiger partial charge in [-0.05, 0) is 24.1 Å². The van der Waals surface area contributed by atoms with Crippen molar-refractivity contribution in [2.45, 2.75) is 19.4 Å². The minimum absolute atomic E-state index is 0.0846. The van der Waals surface area contributed by atoms with Crippen molar-refractivity contribution in [3.8, 4) is 11.3 Å². The summed E-state index contributed by atoms with van der Waals surface area (Å²) < 4.78 is 1.98. The first-order chi connectivity index (χ1) is 12.2. The molecular formula is C20H27N3O2. The van der Waals surface area contributed by atoms with E-state index in [0.29, 0.717) is 13.1 Å². The molecule has 1 aromatic heterocycles. The summed E-state index contributed by atoms with van der Waals surface area (Å²) in [5.41, 5.74) is 2.89. The summed E-state index contributed by atoms with van der Waals surface area (Å²) in [6.07, 6.45) is 0.933. The van der Waals surface area contributed by atoms with Gasteiger partial charge < -0.3 is 14.6 Å². The van der Waals surface area contributed by atoms with Gasteiger partial charge in [0.15, 0.2) is 0 Å². The molecule has 1 fully saturated rings. The first-order valence-corrected chi connectivity index (χ1v) is 9.01. The number of rotatable bonds is 5. The number of amides is 1. The van der Waals surface area contributed by atoms with E-state index in [4.69, 9.17) is 0 Å². The molecule has 0 saturated carbocycles. The highest BCUT2D eigenvalue weighted by Crippen LogP contribution is 2.22. The van der Waals surface area contributed by atoms with Crippen molar-refractivity contribution in [1.82, 2.24) is 14.4 Å². The summed E-state index contributed by atoms with van der Waals surface area (Å²) in [6, 6.07) is 14.3. The highest BCUT2D eigenvalue weighted by molar-refractivity contribution is 5.94. The van der Waals surface area contributed by atoms with Crippen LogP contribution in [0.2, 0.25) is 0 Å². The van der Waals surface area contributed by atoms with E-state index in [2.05, 4.69) is 24.0 Å². The zero-order chi connectivity index (χ0) is 17.8. The van der Waals surface area contributed by atoms with Crippen molar-refractivity contribution in [3.05, 3.63) is 48.2 Å². The predicted molar refractivity (Wildman–Crippen MR) is 99.5 cm³/mol. The van der Waals surface area contributed by atoms with Crippen LogP contribution in [0.3, 0.4) is 0 Å². The molecule has 5 heteroatoms. The van der Waals surface area contributed by atoms with Gasteiger partial charge >= 0.3 is 0 Å². The van der Waals surface area contributed by atoms with E-state index in [1.165, 1.54) is 0 Å². The van der Waals surface area contributed by atoms with Crippen molar-refractivity contribution in [3.63, 3.8) is 0 Å². The van der Waals surface area contributed by atoms with E-state index in [1.54, 1.807) is 0 Å². The molecule has 134 valence electrons. The standard InChI is InChI=1S/C20H27N3O2/c1-3-17(15-24)22-11-13-23(14-12-22)20(25)19-10-9-18(21(19)2)16-7-5-4-6-8-16/h4-10,17,24H,3,11-15H2,1-2H3. The van der Waals surface area contributed by atoms with Crippen LogP contribution >= 0.6 is 0 Å². The van der Waals surface area contributed by atoms with Crippen LogP contribution in [0.1, 0.15) is 23.8 Å². The quantitative estimate of drug-likeness (QED) is 0.907. The summed E-state index contributed by atoms with van der Waals surface area (Å²) in [5, 5.41) is 9.45. The Bertz CT molecular complexity index is 699. The van der Waals surface area contributed by atoms with Crippen LogP contribution in [0.5, 0.6) is 0 Å². The van der Waals surface area contributed by atoms with E-state index in [1.807, 2.05) is 46.8 Å². The number of aliphatic hydroxyl groups excluding tert-OH is 1. The Morgan fingerprint density at radius 2 is 1.76 bits per heavy atom. The summed E-state index contributed by atoms with van der Waals surface area (Å²) in [7, 11) is 1.95. The molecule has 5 nitrogen and oxygen atoms in total. The fourth-order valence-electron chi connectivity index (χ4n) is 3.58. The lowest BCUT2D eigenvalue weighted by atomic mass is 10.1. The largest absolute Gasteiger partial charge is 0.395 e. The molecule has 1 atom stereocenters. The number of carbonyl (C=O) groups is 1. The Kier molecular flexibility index (Phi) is 5.56. The van der Waals surface area contributed by atoms with Gasteiger partial charge in [0.2, 0.25) is 0 Å². The normalized spacial score (nSPS) is 16.8. The average Bonchev–Trinajstić information content (AvgIpc) is 3.05. The topological polar surface area (TPSA) is 48.7 Å². The monoisotopic (exact) mass is 341 g/mol. The molecule has 0 spiro atoms.